The quantitative estimate of drug-likeness (QED) is 0.910. The van der Waals surface area contributed by atoms with Crippen molar-refractivity contribution in [3.8, 4) is 0 Å². The molecular formula is C15H24N2O4. The van der Waals surface area contributed by atoms with Crippen molar-refractivity contribution in [1.29, 1.82) is 0 Å². The molecule has 0 aliphatic carbocycles. The van der Waals surface area contributed by atoms with E-state index in [0.29, 0.717) is 12.3 Å². The fourth-order valence-corrected chi connectivity index (χ4v) is 3.07. The summed E-state index contributed by atoms with van der Waals surface area (Å²) in [5, 5.41) is 2.34. The predicted octanol–water partition coefficient (Wildman–Crippen LogP) is 2.72. The Balaban J connectivity index is 2.16. The van der Waals surface area contributed by atoms with Crippen LogP contribution in [0.4, 0.5) is 4.79 Å². The van der Waals surface area contributed by atoms with Gasteiger partial charge in [-0.15, -0.1) is 0 Å². The van der Waals surface area contributed by atoms with Gasteiger partial charge in [0.15, 0.2) is 0 Å². The van der Waals surface area contributed by atoms with Crippen LogP contribution < -0.4 is 5.56 Å². The Morgan fingerprint density at radius 1 is 1.52 bits per heavy atom. The van der Waals surface area contributed by atoms with Gasteiger partial charge in [0.1, 0.15) is 5.76 Å². The van der Waals surface area contributed by atoms with Gasteiger partial charge in [-0.1, -0.05) is 20.8 Å². The zero-order valence-corrected chi connectivity index (χ0v) is 13.1. The molecule has 21 heavy (non-hydrogen) atoms. The number of rotatable bonds is 2. The van der Waals surface area contributed by atoms with Crippen LogP contribution in [-0.2, 0) is 4.74 Å². The van der Waals surface area contributed by atoms with E-state index in [-0.39, 0.29) is 29.0 Å². The fraction of sp³-hybridized carbons (Fsp3) is 0.733. The summed E-state index contributed by atoms with van der Waals surface area (Å²) >= 11 is 0. The van der Waals surface area contributed by atoms with E-state index in [1.807, 2.05) is 0 Å². The third-order valence-electron chi connectivity index (χ3n) is 3.92. The maximum Gasteiger partial charge on any atom is 0.409 e. The lowest BCUT2D eigenvalue weighted by molar-refractivity contribution is 0.0669. The number of H-pyrrole nitrogens is 1. The van der Waals surface area contributed by atoms with E-state index in [2.05, 4.69) is 25.9 Å². The molecule has 1 saturated heterocycles. The third kappa shape index (κ3) is 3.89. The highest BCUT2D eigenvalue weighted by Gasteiger charge is 2.36. The number of hydrogen-bond acceptors (Lipinski definition) is 4. The van der Waals surface area contributed by atoms with Crippen LogP contribution in [0.3, 0.4) is 0 Å². The van der Waals surface area contributed by atoms with Crippen LogP contribution in [0.15, 0.2) is 15.4 Å². The average Bonchev–Trinajstić information content (AvgIpc) is 2.82. The maximum atomic E-state index is 11.9. The molecule has 1 amide bonds. The Kier molecular flexibility index (Phi) is 4.44. The summed E-state index contributed by atoms with van der Waals surface area (Å²) in [6.07, 6.45) is 2.16. The van der Waals surface area contributed by atoms with Gasteiger partial charge in [-0.25, -0.2) is 4.79 Å². The number of methoxy groups -OCH3 is 1. The summed E-state index contributed by atoms with van der Waals surface area (Å²) in [4.78, 5) is 25.0. The van der Waals surface area contributed by atoms with Crippen molar-refractivity contribution in [3.05, 3.63) is 22.2 Å². The highest BCUT2D eigenvalue weighted by Crippen LogP contribution is 2.36. The number of aromatic amines is 1. The lowest BCUT2D eigenvalue weighted by Gasteiger charge is -2.40. The summed E-state index contributed by atoms with van der Waals surface area (Å²) in [7, 11) is 1.41. The lowest BCUT2D eigenvalue weighted by atomic mass is 9.80. The summed E-state index contributed by atoms with van der Waals surface area (Å²) in [5.74, 6) is 0.848. The zero-order chi connectivity index (χ0) is 15.6. The minimum atomic E-state index is -0.279. The minimum Gasteiger partial charge on any atom is -0.453 e. The molecule has 6 nitrogen and oxygen atoms in total. The van der Waals surface area contributed by atoms with Crippen molar-refractivity contribution < 1.29 is 14.1 Å². The second kappa shape index (κ2) is 5.95. The molecule has 0 radical (unpaired) electrons. The topological polar surface area (TPSA) is 75.5 Å². The molecule has 1 N–H and O–H groups in total. The molecule has 2 heterocycles. The van der Waals surface area contributed by atoms with E-state index >= 15 is 0 Å². The molecule has 0 saturated carbocycles. The van der Waals surface area contributed by atoms with Crippen LogP contribution in [0.5, 0.6) is 0 Å². The summed E-state index contributed by atoms with van der Waals surface area (Å²) in [6, 6.07) is 1.60. The second-order valence-corrected chi connectivity index (χ2v) is 6.92. The number of nitrogens with zero attached hydrogens (tertiary/aromatic N) is 1. The molecule has 2 rings (SSSR count). The first kappa shape index (κ1) is 15.7. The molecule has 0 unspecified atom stereocenters. The highest BCUT2D eigenvalue weighted by atomic mass is 16.5. The smallest absolute Gasteiger partial charge is 0.409 e. The number of likely N-dealkylation sites (tertiary alicyclic amines) is 1. The first-order chi connectivity index (χ1) is 9.80. The van der Waals surface area contributed by atoms with Gasteiger partial charge in [0.05, 0.1) is 7.11 Å². The number of hydrogen-bond donors (Lipinski definition) is 1. The van der Waals surface area contributed by atoms with E-state index in [9.17, 15) is 9.59 Å². The van der Waals surface area contributed by atoms with Crippen LogP contribution in [-0.4, -0.2) is 35.8 Å². The van der Waals surface area contributed by atoms with Crippen LogP contribution in [0.25, 0.3) is 0 Å². The molecule has 1 aliphatic rings. The van der Waals surface area contributed by atoms with E-state index in [1.54, 1.807) is 4.90 Å². The Labute approximate surface area is 124 Å². The number of carbonyl (C=O) groups excluding carboxylic acids is 1. The van der Waals surface area contributed by atoms with Crippen molar-refractivity contribution in [2.24, 2.45) is 5.41 Å². The largest absolute Gasteiger partial charge is 0.453 e. The Morgan fingerprint density at radius 3 is 2.76 bits per heavy atom. The van der Waals surface area contributed by atoms with Gasteiger partial charge in [0.2, 0.25) is 0 Å². The van der Waals surface area contributed by atoms with Crippen molar-refractivity contribution in [1.82, 2.24) is 10.1 Å². The SMILES string of the molecule is COC(=O)N1CC[C@H](c2cc(=O)[nH]o2)C[C@H]1CC(C)(C)C. The molecule has 2 atom stereocenters. The molecule has 1 aromatic heterocycles. The number of carbonyl (C=O) groups is 1. The standard InChI is InChI=1S/C15H24N2O4/c1-15(2,3)9-11-7-10(12-8-13(18)16-21-12)5-6-17(11)14(19)20-4/h8,10-11H,5-7,9H2,1-4H3,(H,16,18)/t10-,11-/m0/s1. The lowest BCUT2D eigenvalue weighted by Crippen LogP contribution is -2.47. The van der Waals surface area contributed by atoms with E-state index < -0.39 is 0 Å². The molecule has 0 spiro atoms. The predicted molar refractivity (Wildman–Crippen MR) is 78.3 cm³/mol. The number of piperidine rings is 1. The molecule has 1 aromatic rings. The summed E-state index contributed by atoms with van der Waals surface area (Å²) in [5.41, 5.74) is -0.106. The van der Waals surface area contributed by atoms with Gasteiger partial charge in [-0.3, -0.25) is 4.79 Å². The van der Waals surface area contributed by atoms with Gasteiger partial charge in [-0.2, -0.15) is 5.16 Å². The molecule has 0 bridgehead atoms. The Morgan fingerprint density at radius 2 is 2.24 bits per heavy atom. The summed E-state index contributed by atoms with van der Waals surface area (Å²) in [6.45, 7) is 7.08. The van der Waals surface area contributed by atoms with Crippen molar-refractivity contribution in [2.45, 2.75) is 52.0 Å². The van der Waals surface area contributed by atoms with E-state index in [0.717, 1.165) is 19.3 Å². The van der Waals surface area contributed by atoms with Gasteiger partial charge < -0.3 is 14.2 Å². The molecule has 118 valence electrons. The van der Waals surface area contributed by atoms with Crippen molar-refractivity contribution in [2.75, 3.05) is 13.7 Å². The van der Waals surface area contributed by atoms with Crippen LogP contribution >= 0.6 is 0 Å². The zero-order valence-electron chi connectivity index (χ0n) is 13.1. The number of amides is 1. The normalized spacial score (nSPS) is 23.1. The first-order valence-electron chi connectivity index (χ1n) is 7.33. The number of ether oxygens (including phenoxy) is 1. The fourth-order valence-electron chi connectivity index (χ4n) is 3.07. The highest BCUT2D eigenvalue weighted by molar-refractivity contribution is 5.68. The minimum absolute atomic E-state index is 0.0939. The third-order valence-corrected chi connectivity index (χ3v) is 3.92. The summed E-state index contributed by atoms with van der Waals surface area (Å²) < 4.78 is 10.1. The van der Waals surface area contributed by atoms with Gasteiger partial charge >= 0.3 is 6.09 Å². The van der Waals surface area contributed by atoms with Crippen LogP contribution in [0.2, 0.25) is 0 Å². The van der Waals surface area contributed by atoms with E-state index in [4.69, 9.17) is 9.26 Å². The molecule has 1 aliphatic heterocycles. The maximum absolute atomic E-state index is 11.9. The van der Waals surface area contributed by atoms with Crippen molar-refractivity contribution >= 4 is 6.09 Å². The second-order valence-electron chi connectivity index (χ2n) is 6.92. The Bertz CT molecular complexity index is 540. The monoisotopic (exact) mass is 296 g/mol. The van der Waals surface area contributed by atoms with Gasteiger partial charge in [0.25, 0.3) is 5.56 Å². The molecular weight excluding hydrogens is 272 g/mol. The molecule has 6 heteroatoms. The first-order valence-corrected chi connectivity index (χ1v) is 7.33. The van der Waals surface area contributed by atoms with Crippen LogP contribution in [0, 0.1) is 5.41 Å². The van der Waals surface area contributed by atoms with Crippen LogP contribution in [0.1, 0.15) is 51.7 Å². The number of nitrogens with one attached hydrogen (secondary N) is 1. The Hall–Kier alpha value is -1.72. The molecule has 1 fully saturated rings. The van der Waals surface area contributed by atoms with Crippen molar-refractivity contribution in [3.63, 3.8) is 0 Å². The number of aromatic nitrogens is 1. The van der Waals surface area contributed by atoms with Gasteiger partial charge in [-0.05, 0) is 24.7 Å². The molecule has 0 aromatic carbocycles. The van der Waals surface area contributed by atoms with E-state index in [1.165, 1.54) is 13.2 Å². The average molecular weight is 296 g/mol. The van der Waals surface area contributed by atoms with Gasteiger partial charge in [0, 0.05) is 24.6 Å².